The Bertz CT molecular complexity index is 608. The quantitative estimate of drug-likeness (QED) is 0.725. The molecule has 0 amide bonds. The second-order valence-corrected chi connectivity index (χ2v) is 6.24. The summed E-state index contributed by atoms with van der Waals surface area (Å²) < 4.78 is 2.93. The predicted octanol–water partition coefficient (Wildman–Crippen LogP) is 4.84. The molecule has 1 heterocycles. The van der Waals surface area contributed by atoms with Crippen LogP contribution in [0.1, 0.15) is 11.1 Å². The van der Waals surface area contributed by atoms with Gasteiger partial charge in [0.1, 0.15) is 0 Å². The van der Waals surface area contributed by atoms with Crippen LogP contribution >= 0.6 is 39.3 Å². The molecule has 0 aliphatic rings. The fourth-order valence-electron chi connectivity index (χ4n) is 1.99. The predicted molar refractivity (Wildman–Crippen MR) is 82.6 cm³/mol. The van der Waals surface area contributed by atoms with Gasteiger partial charge in [-0.05, 0) is 37.8 Å². The van der Waals surface area contributed by atoms with Crippen LogP contribution < -0.4 is 0 Å². The van der Waals surface area contributed by atoms with Crippen molar-refractivity contribution < 1.29 is 0 Å². The van der Waals surface area contributed by atoms with E-state index in [0.717, 1.165) is 26.3 Å². The monoisotopic (exact) mass is 344 g/mol. The maximum absolute atomic E-state index is 6.33. The summed E-state index contributed by atoms with van der Waals surface area (Å²) in [5.74, 6) is 0. The zero-order chi connectivity index (χ0) is 13.4. The van der Waals surface area contributed by atoms with Gasteiger partial charge in [0.25, 0.3) is 0 Å². The SMILES string of the molecule is CSc1c(C)c(-c2cc(C)c(Br)cc2Cl)nn1C. The molecule has 0 N–H and O–H groups in total. The fourth-order valence-corrected chi connectivity index (χ4v) is 3.43. The zero-order valence-electron chi connectivity index (χ0n) is 10.7. The summed E-state index contributed by atoms with van der Waals surface area (Å²) in [5, 5.41) is 6.47. The van der Waals surface area contributed by atoms with Crippen LogP contribution in [0.2, 0.25) is 5.02 Å². The van der Waals surface area contributed by atoms with Crippen molar-refractivity contribution >= 4 is 39.3 Å². The van der Waals surface area contributed by atoms with Crippen LogP contribution in [0.3, 0.4) is 0 Å². The first-order valence-corrected chi connectivity index (χ1v) is 7.89. The van der Waals surface area contributed by atoms with E-state index in [1.165, 1.54) is 10.6 Å². The van der Waals surface area contributed by atoms with Crippen LogP contribution in [0, 0.1) is 13.8 Å². The van der Waals surface area contributed by atoms with Crippen molar-refractivity contribution in [1.29, 1.82) is 0 Å². The molecular formula is C13H14BrClN2S. The van der Waals surface area contributed by atoms with E-state index in [0.29, 0.717) is 0 Å². The highest BCUT2D eigenvalue weighted by Crippen LogP contribution is 2.36. The second-order valence-electron chi connectivity index (χ2n) is 4.19. The smallest absolute Gasteiger partial charge is 0.0979 e. The molecular weight excluding hydrogens is 332 g/mol. The van der Waals surface area contributed by atoms with E-state index in [4.69, 9.17) is 11.6 Å². The molecule has 2 aromatic rings. The first-order valence-electron chi connectivity index (χ1n) is 5.49. The van der Waals surface area contributed by atoms with Crippen molar-refractivity contribution in [2.45, 2.75) is 18.9 Å². The molecule has 0 aliphatic carbocycles. The van der Waals surface area contributed by atoms with Crippen molar-refractivity contribution in [2.24, 2.45) is 7.05 Å². The van der Waals surface area contributed by atoms with Gasteiger partial charge >= 0.3 is 0 Å². The van der Waals surface area contributed by atoms with Crippen LogP contribution in [-0.2, 0) is 7.05 Å². The number of hydrogen-bond donors (Lipinski definition) is 0. The number of nitrogens with zero attached hydrogens (tertiary/aromatic N) is 2. The maximum Gasteiger partial charge on any atom is 0.0979 e. The summed E-state index contributed by atoms with van der Waals surface area (Å²) in [6.07, 6.45) is 2.06. The molecule has 0 aliphatic heterocycles. The average molecular weight is 346 g/mol. The molecule has 2 nitrogen and oxygen atoms in total. The van der Waals surface area contributed by atoms with Crippen molar-refractivity contribution in [1.82, 2.24) is 9.78 Å². The molecule has 0 saturated heterocycles. The van der Waals surface area contributed by atoms with Crippen molar-refractivity contribution in [3.05, 3.63) is 32.8 Å². The molecule has 96 valence electrons. The van der Waals surface area contributed by atoms with Crippen molar-refractivity contribution in [3.63, 3.8) is 0 Å². The molecule has 5 heteroatoms. The van der Waals surface area contributed by atoms with E-state index in [9.17, 15) is 0 Å². The topological polar surface area (TPSA) is 17.8 Å². The number of benzene rings is 1. The fraction of sp³-hybridized carbons (Fsp3) is 0.308. The lowest BCUT2D eigenvalue weighted by Crippen LogP contribution is -1.92. The minimum atomic E-state index is 0.723. The maximum atomic E-state index is 6.33. The van der Waals surface area contributed by atoms with Gasteiger partial charge in [-0.1, -0.05) is 27.5 Å². The Hall–Kier alpha value is -0.450. The summed E-state index contributed by atoms with van der Waals surface area (Å²) in [4.78, 5) is 0. The standard InChI is InChI=1S/C13H14BrClN2S/c1-7-5-9(11(15)6-10(7)14)12-8(2)13(18-4)17(3)16-12/h5-6H,1-4H3. The lowest BCUT2D eigenvalue weighted by atomic mass is 10.1. The second kappa shape index (κ2) is 5.27. The highest BCUT2D eigenvalue weighted by Gasteiger charge is 2.16. The third-order valence-electron chi connectivity index (χ3n) is 2.92. The van der Waals surface area contributed by atoms with Crippen LogP contribution in [0.15, 0.2) is 21.6 Å². The molecule has 0 atom stereocenters. The largest absolute Gasteiger partial charge is 0.261 e. The Morgan fingerprint density at radius 1 is 1.33 bits per heavy atom. The summed E-state index contributed by atoms with van der Waals surface area (Å²) in [6, 6.07) is 4.00. The molecule has 18 heavy (non-hydrogen) atoms. The van der Waals surface area contributed by atoms with E-state index in [1.54, 1.807) is 11.8 Å². The van der Waals surface area contributed by atoms with Gasteiger partial charge in [-0.25, -0.2) is 0 Å². The Morgan fingerprint density at radius 2 is 2.00 bits per heavy atom. The summed E-state index contributed by atoms with van der Waals surface area (Å²) in [6.45, 7) is 4.14. The molecule has 2 rings (SSSR count). The first kappa shape index (κ1) is 14.0. The van der Waals surface area contributed by atoms with E-state index in [2.05, 4.69) is 47.2 Å². The third kappa shape index (κ3) is 2.33. The van der Waals surface area contributed by atoms with Crippen molar-refractivity contribution in [3.8, 4) is 11.3 Å². The van der Waals surface area contributed by atoms with Gasteiger partial charge in [0.05, 0.1) is 15.7 Å². The zero-order valence-corrected chi connectivity index (χ0v) is 13.9. The van der Waals surface area contributed by atoms with Crippen molar-refractivity contribution in [2.75, 3.05) is 6.26 Å². The number of aryl methyl sites for hydroxylation is 2. The van der Waals surface area contributed by atoms with E-state index in [1.807, 2.05) is 17.8 Å². The number of halogens is 2. The summed E-state index contributed by atoms with van der Waals surface area (Å²) >= 11 is 11.5. The summed E-state index contributed by atoms with van der Waals surface area (Å²) in [5.41, 5.74) is 4.28. The minimum Gasteiger partial charge on any atom is -0.261 e. The molecule has 1 aromatic heterocycles. The molecule has 0 saturated carbocycles. The average Bonchev–Trinajstić information content (AvgIpc) is 2.59. The van der Waals surface area contributed by atoms with Crippen LogP contribution in [0.5, 0.6) is 0 Å². The minimum absolute atomic E-state index is 0.723. The highest BCUT2D eigenvalue weighted by molar-refractivity contribution is 9.10. The normalized spacial score (nSPS) is 11.0. The number of rotatable bonds is 2. The molecule has 0 fully saturated rings. The lowest BCUT2D eigenvalue weighted by molar-refractivity contribution is 0.699. The van der Waals surface area contributed by atoms with Crippen LogP contribution in [-0.4, -0.2) is 16.0 Å². The third-order valence-corrected chi connectivity index (χ3v) is 5.04. The molecule has 0 radical (unpaired) electrons. The Kier molecular flexibility index (Phi) is 4.09. The van der Waals surface area contributed by atoms with Gasteiger partial charge in [0.2, 0.25) is 0 Å². The van der Waals surface area contributed by atoms with Gasteiger partial charge in [-0.15, -0.1) is 11.8 Å². The molecule has 0 bridgehead atoms. The summed E-state index contributed by atoms with van der Waals surface area (Å²) in [7, 11) is 1.96. The van der Waals surface area contributed by atoms with Gasteiger partial charge in [-0.2, -0.15) is 5.10 Å². The van der Waals surface area contributed by atoms with Crippen LogP contribution in [0.4, 0.5) is 0 Å². The molecule has 0 spiro atoms. The molecule has 1 aromatic carbocycles. The molecule has 0 unspecified atom stereocenters. The number of aromatic nitrogens is 2. The van der Waals surface area contributed by atoms with E-state index >= 15 is 0 Å². The lowest BCUT2D eigenvalue weighted by Gasteiger charge is -2.06. The number of thioether (sulfide) groups is 1. The van der Waals surface area contributed by atoms with Gasteiger partial charge in [0, 0.05) is 22.6 Å². The van der Waals surface area contributed by atoms with Gasteiger partial charge in [0.15, 0.2) is 0 Å². The first-order chi connectivity index (χ1) is 8.45. The Morgan fingerprint density at radius 3 is 2.56 bits per heavy atom. The van der Waals surface area contributed by atoms with Crippen LogP contribution in [0.25, 0.3) is 11.3 Å². The highest BCUT2D eigenvalue weighted by atomic mass is 79.9. The van der Waals surface area contributed by atoms with E-state index in [-0.39, 0.29) is 0 Å². The van der Waals surface area contributed by atoms with Gasteiger partial charge in [-0.3, -0.25) is 4.68 Å². The Labute approximate surface area is 125 Å². The Balaban J connectivity index is 2.66. The number of hydrogen-bond acceptors (Lipinski definition) is 2. The van der Waals surface area contributed by atoms with E-state index < -0.39 is 0 Å². The van der Waals surface area contributed by atoms with Gasteiger partial charge < -0.3 is 0 Å².